The summed E-state index contributed by atoms with van der Waals surface area (Å²) in [5.74, 6) is 6.53. The molecule has 1 unspecified atom stereocenters. The fourth-order valence-electron chi connectivity index (χ4n) is 1.68. The molecule has 3 N–H and O–H groups in total. The Kier molecular flexibility index (Phi) is 5.09. The van der Waals surface area contributed by atoms with Gasteiger partial charge in [-0.25, -0.2) is 0 Å². The van der Waals surface area contributed by atoms with Crippen molar-refractivity contribution in [1.82, 2.24) is 5.43 Å². The van der Waals surface area contributed by atoms with E-state index in [-0.39, 0.29) is 6.04 Å². The van der Waals surface area contributed by atoms with Gasteiger partial charge in [0.15, 0.2) is 0 Å². The van der Waals surface area contributed by atoms with E-state index in [0.717, 1.165) is 15.7 Å². The van der Waals surface area contributed by atoms with Gasteiger partial charge in [-0.05, 0) is 42.1 Å². The number of thioether (sulfide) groups is 1. The smallest absolute Gasteiger partial charge is 0.0649 e. The molecule has 1 aromatic heterocycles. The van der Waals surface area contributed by atoms with Crippen LogP contribution in [0.2, 0.25) is 5.02 Å². The number of hydrogen-bond acceptors (Lipinski definition) is 4. The standard InChI is InChI=1S/C13H15ClN2S2/c1-9-5-6-17-13(9)12(16-15)8-18-11-4-2-3-10(14)7-11/h2-7,12,16H,8,15H2,1H3. The van der Waals surface area contributed by atoms with Crippen molar-refractivity contribution in [3.8, 4) is 0 Å². The lowest BCUT2D eigenvalue weighted by Crippen LogP contribution is -2.29. The molecule has 0 aliphatic heterocycles. The van der Waals surface area contributed by atoms with Crippen molar-refractivity contribution in [2.24, 2.45) is 5.84 Å². The topological polar surface area (TPSA) is 38.0 Å². The van der Waals surface area contributed by atoms with Crippen LogP contribution in [0.5, 0.6) is 0 Å². The fraction of sp³-hybridized carbons (Fsp3) is 0.231. The van der Waals surface area contributed by atoms with Crippen molar-refractivity contribution in [2.75, 3.05) is 5.75 Å². The molecule has 1 aromatic carbocycles. The Balaban J connectivity index is 2.02. The molecule has 0 bridgehead atoms. The first-order valence-corrected chi connectivity index (χ1v) is 7.83. The number of hydrazine groups is 1. The van der Waals surface area contributed by atoms with Gasteiger partial charge in [0.1, 0.15) is 0 Å². The first-order valence-electron chi connectivity index (χ1n) is 5.59. The van der Waals surface area contributed by atoms with Crippen LogP contribution in [-0.2, 0) is 0 Å². The first kappa shape index (κ1) is 13.9. The summed E-state index contributed by atoms with van der Waals surface area (Å²) >= 11 is 9.46. The number of aryl methyl sites for hydroxylation is 1. The van der Waals surface area contributed by atoms with Crippen LogP contribution in [0.4, 0.5) is 0 Å². The minimum atomic E-state index is 0.175. The minimum Gasteiger partial charge on any atom is -0.271 e. The van der Waals surface area contributed by atoms with Gasteiger partial charge in [-0.15, -0.1) is 23.1 Å². The van der Waals surface area contributed by atoms with Gasteiger partial charge in [0.2, 0.25) is 0 Å². The van der Waals surface area contributed by atoms with Gasteiger partial charge < -0.3 is 0 Å². The van der Waals surface area contributed by atoms with Gasteiger partial charge in [0.05, 0.1) is 6.04 Å². The molecule has 2 rings (SSSR count). The maximum atomic E-state index is 5.97. The molecule has 18 heavy (non-hydrogen) atoms. The van der Waals surface area contributed by atoms with E-state index in [9.17, 15) is 0 Å². The number of thiophene rings is 1. The lowest BCUT2D eigenvalue weighted by Gasteiger charge is -2.15. The van der Waals surface area contributed by atoms with Crippen molar-refractivity contribution >= 4 is 34.7 Å². The van der Waals surface area contributed by atoms with E-state index in [1.54, 1.807) is 23.1 Å². The second-order valence-electron chi connectivity index (χ2n) is 3.96. The third-order valence-corrected chi connectivity index (χ3v) is 5.09. The Bertz CT molecular complexity index is 513. The summed E-state index contributed by atoms with van der Waals surface area (Å²) in [6, 6.07) is 10.2. The molecule has 5 heteroatoms. The predicted octanol–water partition coefficient (Wildman–Crippen LogP) is 4.01. The maximum absolute atomic E-state index is 5.97. The molecule has 0 fully saturated rings. The molecular formula is C13H15ClN2S2. The van der Waals surface area contributed by atoms with Gasteiger partial charge in [-0.1, -0.05) is 17.7 Å². The molecule has 0 amide bonds. The summed E-state index contributed by atoms with van der Waals surface area (Å²) < 4.78 is 0. The number of benzene rings is 1. The van der Waals surface area contributed by atoms with Crippen LogP contribution >= 0.6 is 34.7 Å². The molecule has 0 saturated heterocycles. The van der Waals surface area contributed by atoms with Crippen LogP contribution in [0, 0.1) is 6.92 Å². The summed E-state index contributed by atoms with van der Waals surface area (Å²) in [6.07, 6.45) is 0. The zero-order valence-electron chi connectivity index (χ0n) is 10.0. The first-order chi connectivity index (χ1) is 8.70. The maximum Gasteiger partial charge on any atom is 0.0649 e. The highest BCUT2D eigenvalue weighted by molar-refractivity contribution is 7.99. The van der Waals surface area contributed by atoms with Crippen molar-refractivity contribution in [1.29, 1.82) is 0 Å². The number of nitrogens with two attached hydrogens (primary N) is 1. The van der Waals surface area contributed by atoms with Gasteiger partial charge in [-0.2, -0.15) is 0 Å². The molecular weight excluding hydrogens is 284 g/mol. The SMILES string of the molecule is Cc1ccsc1C(CSc1cccc(Cl)c1)NN. The molecule has 1 atom stereocenters. The molecule has 0 aliphatic carbocycles. The number of halogens is 1. The molecule has 96 valence electrons. The molecule has 0 spiro atoms. The zero-order chi connectivity index (χ0) is 13.0. The monoisotopic (exact) mass is 298 g/mol. The van der Waals surface area contributed by atoms with E-state index in [1.807, 2.05) is 18.2 Å². The van der Waals surface area contributed by atoms with E-state index < -0.39 is 0 Å². The van der Waals surface area contributed by atoms with Crippen molar-refractivity contribution < 1.29 is 0 Å². The second kappa shape index (κ2) is 6.59. The summed E-state index contributed by atoms with van der Waals surface area (Å²) in [7, 11) is 0. The van der Waals surface area contributed by atoms with E-state index in [4.69, 9.17) is 17.4 Å². The second-order valence-corrected chi connectivity index (χ2v) is 6.43. The average molecular weight is 299 g/mol. The Morgan fingerprint density at radius 2 is 2.28 bits per heavy atom. The summed E-state index contributed by atoms with van der Waals surface area (Å²) in [5, 5.41) is 2.86. The minimum absolute atomic E-state index is 0.175. The van der Waals surface area contributed by atoms with Crippen LogP contribution in [0.25, 0.3) is 0 Å². The average Bonchev–Trinajstić information content (AvgIpc) is 2.77. The van der Waals surface area contributed by atoms with Crippen LogP contribution in [-0.4, -0.2) is 5.75 Å². The molecule has 2 nitrogen and oxygen atoms in total. The Morgan fingerprint density at radius 3 is 2.89 bits per heavy atom. The molecule has 0 saturated carbocycles. The Labute approximate surface area is 121 Å². The Morgan fingerprint density at radius 1 is 1.44 bits per heavy atom. The van der Waals surface area contributed by atoms with Crippen LogP contribution in [0.15, 0.2) is 40.6 Å². The molecule has 0 radical (unpaired) electrons. The number of nitrogens with one attached hydrogen (secondary N) is 1. The quantitative estimate of drug-likeness (QED) is 0.498. The van der Waals surface area contributed by atoms with Gasteiger partial charge in [0.25, 0.3) is 0 Å². The van der Waals surface area contributed by atoms with Crippen molar-refractivity contribution in [3.63, 3.8) is 0 Å². The largest absolute Gasteiger partial charge is 0.271 e. The number of rotatable bonds is 5. The van der Waals surface area contributed by atoms with Crippen LogP contribution in [0.1, 0.15) is 16.5 Å². The van der Waals surface area contributed by atoms with Crippen LogP contribution in [0.3, 0.4) is 0 Å². The predicted molar refractivity (Wildman–Crippen MR) is 81.3 cm³/mol. The van der Waals surface area contributed by atoms with E-state index in [0.29, 0.717) is 0 Å². The summed E-state index contributed by atoms with van der Waals surface area (Å²) in [4.78, 5) is 2.46. The van der Waals surface area contributed by atoms with Gasteiger partial charge in [0, 0.05) is 20.5 Å². The number of hydrogen-bond donors (Lipinski definition) is 2. The highest BCUT2D eigenvalue weighted by Gasteiger charge is 2.13. The molecule has 1 heterocycles. The highest BCUT2D eigenvalue weighted by atomic mass is 35.5. The van der Waals surface area contributed by atoms with E-state index in [1.165, 1.54) is 10.4 Å². The Hall–Kier alpha value is -0.520. The third-order valence-electron chi connectivity index (χ3n) is 2.63. The summed E-state index contributed by atoms with van der Waals surface area (Å²) in [6.45, 7) is 2.11. The van der Waals surface area contributed by atoms with E-state index >= 15 is 0 Å². The van der Waals surface area contributed by atoms with Crippen molar-refractivity contribution in [3.05, 3.63) is 51.2 Å². The van der Waals surface area contributed by atoms with Crippen molar-refractivity contribution in [2.45, 2.75) is 17.9 Å². The van der Waals surface area contributed by atoms with Crippen LogP contribution < -0.4 is 11.3 Å². The van der Waals surface area contributed by atoms with E-state index in [2.05, 4.69) is 29.9 Å². The lowest BCUT2D eigenvalue weighted by molar-refractivity contribution is 0.618. The van der Waals surface area contributed by atoms with Gasteiger partial charge >= 0.3 is 0 Å². The molecule has 0 aliphatic rings. The fourth-order valence-corrected chi connectivity index (χ4v) is 4.03. The lowest BCUT2D eigenvalue weighted by atomic mass is 10.2. The summed E-state index contributed by atoms with van der Waals surface area (Å²) in [5.41, 5.74) is 4.17. The normalized spacial score (nSPS) is 12.6. The zero-order valence-corrected chi connectivity index (χ0v) is 12.4. The molecule has 2 aromatic rings. The van der Waals surface area contributed by atoms with Gasteiger partial charge in [-0.3, -0.25) is 11.3 Å². The highest BCUT2D eigenvalue weighted by Crippen LogP contribution is 2.30. The third kappa shape index (κ3) is 3.49.